The first-order chi connectivity index (χ1) is 15.6. The Bertz CT molecular complexity index is 1080. The number of amides is 4. The minimum absolute atomic E-state index is 0.0293. The second-order valence-electron chi connectivity index (χ2n) is 9.49. The van der Waals surface area contributed by atoms with Crippen LogP contribution in [0.2, 0.25) is 0 Å². The summed E-state index contributed by atoms with van der Waals surface area (Å²) in [6, 6.07) is 4.82. The van der Waals surface area contributed by atoms with Crippen LogP contribution in [0.25, 0.3) is 0 Å². The van der Waals surface area contributed by atoms with Gasteiger partial charge in [-0.15, -0.1) is 0 Å². The SMILES string of the molecule is Cc1ccc(C)c(S(=O)(=O)N2CCN(C(=O)CN3C(=O)N[C@]4(CCCC[C@@H]4C)C3=O)CC2)c1. The van der Waals surface area contributed by atoms with Gasteiger partial charge < -0.3 is 10.2 Å². The molecule has 9 nitrogen and oxygen atoms in total. The van der Waals surface area contributed by atoms with Crippen molar-refractivity contribution in [2.45, 2.75) is 56.9 Å². The molecule has 1 aromatic carbocycles. The van der Waals surface area contributed by atoms with Crippen molar-refractivity contribution in [1.82, 2.24) is 19.4 Å². The molecule has 2 aliphatic heterocycles. The van der Waals surface area contributed by atoms with E-state index in [0.29, 0.717) is 12.0 Å². The van der Waals surface area contributed by atoms with Gasteiger partial charge in [0.1, 0.15) is 12.1 Å². The molecule has 4 rings (SSSR count). The van der Waals surface area contributed by atoms with Crippen LogP contribution in [0.1, 0.15) is 43.7 Å². The van der Waals surface area contributed by atoms with Crippen molar-refractivity contribution in [2.75, 3.05) is 32.7 Å². The average molecular weight is 477 g/mol. The van der Waals surface area contributed by atoms with Crippen LogP contribution in [0.15, 0.2) is 23.1 Å². The fraction of sp³-hybridized carbons (Fsp3) is 0.609. The molecule has 3 aliphatic rings. The largest absolute Gasteiger partial charge is 0.338 e. The van der Waals surface area contributed by atoms with Gasteiger partial charge in [-0.25, -0.2) is 13.2 Å². The molecule has 33 heavy (non-hydrogen) atoms. The minimum Gasteiger partial charge on any atom is -0.338 e. The van der Waals surface area contributed by atoms with Crippen molar-refractivity contribution in [3.05, 3.63) is 29.3 Å². The number of sulfonamides is 1. The quantitative estimate of drug-likeness (QED) is 0.665. The van der Waals surface area contributed by atoms with Gasteiger partial charge in [0.05, 0.1) is 4.90 Å². The summed E-state index contributed by atoms with van der Waals surface area (Å²) in [7, 11) is -3.66. The normalized spacial score (nSPS) is 26.7. The van der Waals surface area contributed by atoms with E-state index in [9.17, 15) is 22.8 Å². The zero-order chi connectivity index (χ0) is 24.0. The highest BCUT2D eigenvalue weighted by Gasteiger charge is 2.55. The molecule has 3 fully saturated rings. The van der Waals surface area contributed by atoms with Crippen LogP contribution in [0, 0.1) is 19.8 Å². The fourth-order valence-corrected chi connectivity index (χ4v) is 6.91. The van der Waals surface area contributed by atoms with Crippen LogP contribution in [0.3, 0.4) is 0 Å². The number of carbonyl (C=O) groups is 3. The lowest BCUT2D eigenvalue weighted by Gasteiger charge is -2.37. The van der Waals surface area contributed by atoms with Gasteiger partial charge in [-0.2, -0.15) is 4.31 Å². The molecule has 4 amide bonds. The molecular formula is C23H32N4O5S. The molecule has 1 spiro atoms. The number of urea groups is 1. The molecule has 180 valence electrons. The monoisotopic (exact) mass is 476 g/mol. The summed E-state index contributed by atoms with van der Waals surface area (Å²) < 4.78 is 27.6. The van der Waals surface area contributed by atoms with E-state index in [1.165, 1.54) is 9.21 Å². The number of benzene rings is 1. The Morgan fingerprint density at radius 3 is 2.48 bits per heavy atom. The molecule has 0 radical (unpaired) electrons. The second kappa shape index (κ2) is 8.72. The Hall–Kier alpha value is -2.46. The molecule has 0 bridgehead atoms. The summed E-state index contributed by atoms with van der Waals surface area (Å²) in [5, 5.41) is 2.86. The van der Waals surface area contributed by atoms with E-state index in [1.807, 2.05) is 19.9 Å². The van der Waals surface area contributed by atoms with Gasteiger partial charge in [0, 0.05) is 26.2 Å². The van der Waals surface area contributed by atoms with Crippen LogP contribution in [0.4, 0.5) is 4.79 Å². The van der Waals surface area contributed by atoms with Gasteiger partial charge in [-0.3, -0.25) is 14.5 Å². The van der Waals surface area contributed by atoms with Gasteiger partial charge in [0.25, 0.3) is 5.91 Å². The molecule has 0 unspecified atom stereocenters. The van der Waals surface area contributed by atoms with Gasteiger partial charge in [-0.05, 0) is 49.8 Å². The molecule has 10 heteroatoms. The summed E-state index contributed by atoms with van der Waals surface area (Å²) in [5.74, 6) is -0.631. The van der Waals surface area contributed by atoms with Gasteiger partial charge in [0.2, 0.25) is 15.9 Å². The number of aryl methyl sites for hydroxylation is 2. The third-order valence-electron chi connectivity index (χ3n) is 7.35. The third kappa shape index (κ3) is 4.14. The third-order valence-corrected chi connectivity index (χ3v) is 9.39. The summed E-state index contributed by atoms with van der Waals surface area (Å²) in [6.07, 6.45) is 3.36. The second-order valence-corrected chi connectivity index (χ2v) is 11.4. The van der Waals surface area contributed by atoms with Gasteiger partial charge in [0.15, 0.2) is 0 Å². The van der Waals surface area contributed by atoms with Crippen LogP contribution in [-0.2, 0) is 19.6 Å². The maximum atomic E-state index is 13.1. The lowest BCUT2D eigenvalue weighted by molar-refractivity contribution is -0.141. The van der Waals surface area contributed by atoms with Crippen LogP contribution < -0.4 is 5.32 Å². The van der Waals surface area contributed by atoms with E-state index < -0.39 is 21.6 Å². The molecule has 1 saturated carbocycles. The predicted octanol–water partition coefficient (Wildman–Crippen LogP) is 1.64. The van der Waals surface area contributed by atoms with Gasteiger partial charge >= 0.3 is 6.03 Å². The molecule has 1 N–H and O–H groups in total. The number of nitrogens with one attached hydrogen (secondary N) is 1. The Kier molecular flexibility index (Phi) is 6.26. The Labute approximate surface area is 195 Å². The smallest absolute Gasteiger partial charge is 0.325 e. The van der Waals surface area contributed by atoms with Crippen molar-refractivity contribution >= 4 is 27.9 Å². The fourth-order valence-electron chi connectivity index (χ4n) is 5.18. The molecule has 2 heterocycles. The number of carbonyl (C=O) groups excluding carboxylic acids is 3. The van der Waals surface area contributed by atoms with E-state index >= 15 is 0 Å². The number of imide groups is 1. The van der Waals surface area contributed by atoms with E-state index in [4.69, 9.17) is 0 Å². The molecule has 0 aromatic heterocycles. The first kappa shape index (κ1) is 23.7. The average Bonchev–Trinajstić information content (AvgIpc) is 3.02. The number of piperazine rings is 1. The van der Waals surface area contributed by atoms with E-state index in [-0.39, 0.29) is 55.4 Å². The Morgan fingerprint density at radius 1 is 1.12 bits per heavy atom. The zero-order valence-electron chi connectivity index (χ0n) is 19.5. The van der Waals surface area contributed by atoms with Crippen LogP contribution >= 0.6 is 0 Å². The Morgan fingerprint density at radius 2 is 1.82 bits per heavy atom. The first-order valence-electron chi connectivity index (χ1n) is 11.6. The maximum absolute atomic E-state index is 13.1. The topological polar surface area (TPSA) is 107 Å². The Balaban J connectivity index is 1.39. The van der Waals surface area contributed by atoms with Crippen molar-refractivity contribution in [3.63, 3.8) is 0 Å². The predicted molar refractivity (Wildman–Crippen MR) is 122 cm³/mol. The van der Waals surface area contributed by atoms with Crippen molar-refractivity contribution in [1.29, 1.82) is 0 Å². The standard InChI is InChI=1S/C23H32N4O5S/c1-16-7-8-17(2)19(14-16)33(31,32)26-12-10-25(11-13-26)20(28)15-27-21(29)23(24-22(27)30)9-5-4-6-18(23)3/h7-8,14,18H,4-6,9-13,15H2,1-3H3,(H,24,30)/t18-,23-/m0/s1. The summed E-state index contributed by atoms with van der Waals surface area (Å²) >= 11 is 0. The van der Waals surface area contributed by atoms with Crippen LogP contribution in [-0.4, -0.2) is 78.6 Å². The van der Waals surface area contributed by atoms with Crippen LogP contribution in [0.5, 0.6) is 0 Å². The number of hydrogen-bond donors (Lipinski definition) is 1. The highest BCUT2D eigenvalue weighted by Crippen LogP contribution is 2.38. The van der Waals surface area contributed by atoms with E-state index in [0.717, 1.165) is 29.7 Å². The summed E-state index contributed by atoms with van der Waals surface area (Å²) in [4.78, 5) is 41.4. The number of rotatable bonds is 4. The van der Waals surface area contributed by atoms with Crippen molar-refractivity contribution in [2.24, 2.45) is 5.92 Å². The highest BCUT2D eigenvalue weighted by molar-refractivity contribution is 7.89. The maximum Gasteiger partial charge on any atom is 0.325 e. The van der Waals surface area contributed by atoms with E-state index in [1.54, 1.807) is 19.1 Å². The lowest BCUT2D eigenvalue weighted by atomic mass is 9.73. The van der Waals surface area contributed by atoms with Gasteiger partial charge in [-0.1, -0.05) is 31.9 Å². The summed E-state index contributed by atoms with van der Waals surface area (Å²) in [5.41, 5.74) is 0.656. The molecule has 1 aliphatic carbocycles. The first-order valence-corrected chi connectivity index (χ1v) is 13.0. The lowest BCUT2D eigenvalue weighted by Crippen LogP contribution is -2.55. The van der Waals surface area contributed by atoms with Crippen molar-refractivity contribution in [3.8, 4) is 0 Å². The highest BCUT2D eigenvalue weighted by atomic mass is 32.2. The zero-order valence-corrected chi connectivity index (χ0v) is 20.3. The molecular weight excluding hydrogens is 444 g/mol. The number of nitrogens with zero attached hydrogens (tertiary/aromatic N) is 3. The minimum atomic E-state index is -3.66. The molecule has 2 saturated heterocycles. The van der Waals surface area contributed by atoms with Crippen molar-refractivity contribution < 1.29 is 22.8 Å². The number of hydrogen-bond acceptors (Lipinski definition) is 5. The summed E-state index contributed by atoms with van der Waals surface area (Å²) in [6.45, 7) is 6.04. The molecule has 2 atom stereocenters. The molecule has 1 aromatic rings. The van der Waals surface area contributed by atoms with E-state index in [2.05, 4.69) is 5.32 Å².